The molecule has 0 radical (unpaired) electrons. The number of carbonyl (C=O) groups excluding carboxylic acids is 1. The molecule has 1 aliphatic heterocycles. The SMILES string of the molecule is COc1ccc(OC)c(-n2cnc3c2NC(=O)C[C@@H]3c2ccc(OC)c(O)c2)c1. The van der Waals surface area contributed by atoms with Crippen molar-refractivity contribution in [3.63, 3.8) is 0 Å². The fourth-order valence-electron chi connectivity index (χ4n) is 3.57. The number of hydrogen-bond donors (Lipinski definition) is 2. The maximum Gasteiger partial charge on any atom is 0.226 e. The van der Waals surface area contributed by atoms with Crippen LogP contribution in [0.15, 0.2) is 42.7 Å². The number of imidazole rings is 1. The molecule has 1 amide bonds. The number of methoxy groups -OCH3 is 3. The Balaban J connectivity index is 1.82. The molecule has 0 saturated heterocycles. The van der Waals surface area contributed by atoms with E-state index in [-0.39, 0.29) is 24.0 Å². The van der Waals surface area contributed by atoms with Gasteiger partial charge in [-0.1, -0.05) is 6.07 Å². The van der Waals surface area contributed by atoms with Gasteiger partial charge in [-0.05, 0) is 29.8 Å². The van der Waals surface area contributed by atoms with Crippen LogP contribution in [-0.4, -0.2) is 41.9 Å². The zero-order valence-corrected chi connectivity index (χ0v) is 16.3. The number of aromatic nitrogens is 2. The highest BCUT2D eigenvalue weighted by molar-refractivity contribution is 5.94. The number of amides is 1. The van der Waals surface area contributed by atoms with E-state index in [0.29, 0.717) is 34.4 Å². The number of benzene rings is 2. The normalized spacial score (nSPS) is 15.4. The Bertz CT molecular complexity index is 1080. The van der Waals surface area contributed by atoms with E-state index >= 15 is 0 Å². The van der Waals surface area contributed by atoms with Gasteiger partial charge in [0, 0.05) is 18.4 Å². The van der Waals surface area contributed by atoms with E-state index in [1.807, 2.05) is 12.1 Å². The molecule has 8 nitrogen and oxygen atoms in total. The highest BCUT2D eigenvalue weighted by atomic mass is 16.5. The second-order valence-corrected chi connectivity index (χ2v) is 6.62. The van der Waals surface area contributed by atoms with Gasteiger partial charge in [0.1, 0.15) is 23.6 Å². The molecule has 1 atom stereocenters. The summed E-state index contributed by atoms with van der Waals surface area (Å²) in [6.07, 6.45) is 1.87. The van der Waals surface area contributed by atoms with Crippen molar-refractivity contribution in [1.82, 2.24) is 9.55 Å². The Labute approximate surface area is 167 Å². The summed E-state index contributed by atoms with van der Waals surface area (Å²) in [7, 11) is 4.66. The molecule has 2 heterocycles. The second kappa shape index (κ2) is 7.38. The predicted octanol–water partition coefficient (Wildman–Crippen LogP) is 3.08. The first-order valence-electron chi connectivity index (χ1n) is 9.02. The zero-order chi connectivity index (χ0) is 20.5. The molecule has 0 unspecified atom stereocenters. The zero-order valence-electron chi connectivity index (χ0n) is 16.3. The van der Waals surface area contributed by atoms with Gasteiger partial charge in [-0.15, -0.1) is 0 Å². The van der Waals surface area contributed by atoms with Crippen LogP contribution in [0.2, 0.25) is 0 Å². The van der Waals surface area contributed by atoms with Gasteiger partial charge >= 0.3 is 0 Å². The van der Waals surface area contributed by atoms with E-state index < -0.39 is 0 Å². The molecule has 150 valence electrons. The largest absolute Gasteiger partial charge is 0.504 e. The summed E-state index contributed by atoms with van der Waals surface area (Å²) in [5, 5.41) is 13.1. The van der Waals surface area contributed by atoms with E-state index in [0.717, 1.165) is 5.56 Å². The molecule has 2 N–H and O–H groups in total. The lowest BCUT2D eigenvalue weighted by Gasteiger charge is -2.24. The monoisotopic (exact) mass is 395 g/mol. The molecular weight excluding hydrogens is 374 g/mol. The van der Waals surface area contributed by atoms with Crippen molar-refractivity contribution in [1.29, 1.82) is 0 Å². The molecule has 4 rings (SSSR count). The van der Waals surface area contributed by atoms with Gasteiger partial charge in [-0.3, -0.25) is 9.36 Å². The first kappa shape index (κ1) is 18.7. The first-order chi connectivity index (χ1) is 14.0. The van der Waals surface area contributed by atoms with Crippen molar-refractivity contribution in [3.8, 4) is 28.7 Å². The molecule has 1 aliphatic rings. The molecule has 0 fully saturated rings. The number of nitrogens with zero attached hydrogens (tertiary/aromatic N) is 2. The molecular formula is C21H21N3O5. The Morgan fingerprint density at radius 1 is 1.07 bits per heavy atom. The number of ether oxygens (including phenoxy) is 3. The van der Waals surface area contributed by atoms with Crippen LogP contribution in [0.25, 0.3) is 5.69 Å². The maximum atomic E-state index is 12.5. The molecule has 2 aromatic carbocycles. The number of rotatable bonds is 5. The highest BCUT2D eigenvalue weighted by Crippen LogP contribution is 2.41. The predicted molar refractivity (Wildman–Crippen MR) is 106 cm³/mol. The van der Waals surface area contributed by atoms with Crippen LogP contribution in [0.5, 0.6) is 23.0 Å². The third-order valence-corrected chi connectivity index (χ3v) is 5.02. The van der Waals surface area contributed by atoms with Crippen molar-refractivity contribution in [3.05, 3.63) is 54.0 Å². The van der Waals surface area contributed by atoms with Crippen LogP contribution in [0, 0.1) is 0 Å². The van der Waals surface area contributed by atoms with Gasteiger partial charge in [0.05, 0.1) is 32.7 Å². The fourth-order valence-corrected chi connectivity index (χ4v) is 3.57. The lowest BCUT2D eigenvalue weighted by atomic mass is 9.89. The summed E-state index contributed by atoms with van der Waals surface area (Å²) in [5.41, 5.74) is 2.18. The molecule has 0 saturated carbocycles. The average molecular weight is 395 g/mol. The van der Waals surface area contributed by atoms with Gasteiger partial charge in [-0.2, -0.15) is 0 Å². The smallest absolute Gasteiger partial charge is 0.226 e. The van der Waals surface area contributed by atoms with Crippen LogP contribution >= 0.6 is 0 Å². The van der Waals surface area contributed by atoms with E-state index in [2.05, 4.69) is 10.3 Å². The third-order valence-electron chi connectivity index (χ3n) is 5.02. The van der Waals surface area contributed by atoms with Gasteiger partial charge < -0.3 is 24.6 Å². The molecule has 0 spiro atoms. The minimum atomic E-state index is -0.298. The van der Waals surface area contributed by atoms with Crippen molar-refractivity contribution < 1.29 is 24.1 Å². The van der Waals surface area contributed by atoms with E-state index in [1.165, 1.54) is 7.11 Å². The lowest BCUT2D eigenvalue weighted by Crippen LogP contribution is -2.25. The molecule has 29 heavy (non-hydrogen) atoms. The molecule has 0 aliphatic carbocycles. The van der Waals surface area contributed by atoms with Crippen molar-refractivity contribution in [2.75, 3.05) is 26.6 Å². The van der Waals surface area contributed by atoms with E-state index in [1.54, 1.807) is 49.4 Å². The van der Waals surface area contributed by atoms with Crippen LogP contribution in [0.4, 0.5) is 5.82 Å². The number of carbonyl (C=O) groups is 1. The topological polar surface area (TPSA) is 94.8 Å². The van der Waals surface area contributed by atoms with Crippen molar-refractivity contribution in [2.24, 2.45) is 0 Å². The summed E-state index contributed by atoms with van der Waals surface area (Å²) in [4.78, 5) is 17.0. The summed E-state index contributed by atoms with van der Waals surface area (Å²) in [6.45, 7) is 0. The van der Waals surface area contributed by atoms with Gasteiger partial charge in [0.2, 0.25) is 5.91 Å². The summed E-state index contributed by atoms with van der Waals surface area (Å²) in [5.74, 6) is 1.79. The maximum absolute atomic E-state index is 12.5. The lowest BCUT2D eigenvalue weighted by molar-refractivity contribution is -0.116. The number of hydrogen-bond acceptors (Lipinski definition) is 6. The second-order valence-electron chi connectivity index (χ2n) is 6.62. The van der Waals surface area contributed by atoms with Crippen LogP contribution in [0.1, 0.15) is 23.6 Å². The molecule has 1 aromatic heterocycles. The Morgan fingerprint density at radius 3 is 2.52 bits per heavy atom. The van der Waals surface area contributed by atoms with Crippen LogP contribution in [-0.2, 0) is 4.79 Å². The number of phenolic OH excluding ortho intramolecular Hbond substituents is 1. The quantitative estimate of drug-likeness (QED) is 0.689. The minimum absolute atomic E-state index is 0.0198. The Kier molecular flexibility index (Phi) is 4.75. The summed E-state index contributed by atoms with van der Waals surface area (Å²) in [6, 6.07) is 10.5. The van der Waals surface area contributed by atoms with Gasteiger partial charge in [0.15, 0.2) is 11.5 Å². The summed E-state index contributed by atoms with van der Waals surface area (Å²) >= 11 is 0. The standard InChI is InChI=1S/C21H21N3O5/c1-27-13-5-7-17(28-2)15(9-13)24-11-22-20-14(10-19(26)23-21(20)24)12-4-6-18(29-3)16(25)8-12/h4-9,11,14,25H,10H2,1-3H3,(H,23,26)/t14-/m1/s1. The molecule has 8 heteroatoms. The van der Waals surface area contributed by atoms with Gasteiger partial charge in [0.25, 0.3) is 0 Å². The summed E-state index contributed by atoms with van der Waals surface area (Å²) < 4.78 is 17.7. The fraction of sp³-hybridized carbons (Fsp3) is 0.238. The highest BCUT2D eigenvalue weighted by Gasteiger charge is 2.32. The Morgan fingerprint density at radius 2 is 1.83 bits per heavy atom. The van der Waals surface area contributed by atoms with E-state index in [4.69, 9.17) is 14.2 Å². The number of anilines is 1. The Hall–Kier alpha value is -3.68. The van der Waals surface area contributed by atoms with E-state index in [9.17, 15) is 9.90 Å². The molecule has 0 bridgehead atoms. The third kappa shape index (κ3) is 3.22. The van der Waals surface area contributed by atoms with Crippen LogP contribution in [0.3, 0.4) is 0 Å². The number of aromatic hydroxyl groups is 1. The first-order valence-corrected chi connectivity index (χ1v) is 9.02. The average Bonchev–Trinajstić information content (AvgIpc) is 3.16. The minimum Gasteiger partial charge on any atom is -0.504 e. The van der Waals surface area contributed by atoms with Crippen molar-refractivity contribution >= 4 is 11.7 Å². The number of phenols is 1. The van der Waals surface area contributed by atoms with Crippen molar-refractivity contribution in [2.45, 2.75) is 12.3 Å². The molecule has 3 aromatic rings. The van der Waals surface area contributed by atoms with Gasteiger partial charge in [-0.25, -0.2) is 4.98 Å². The number of fused-ring (bicyclic) bond motifs is 1. The number of nitrogens with one attached hydrogen (secondary N) is 1. The van der Waals surface area contributed by atoms with Crippen LogP contribution < -0.4 is 19.5 Å².